The Labute approximate surface area is 410 Å². The summed E-state index contributed by atoms with van der Waals surface area (Å²) in [5.41, 5.74) is -71.9. The van der Waals surface area contributed by atoms with E-state index in [-0.39, 0.29) is 29.2 Å². The highest BCUT2D eigenvalue weighted by atomic mass is 19.4. The number of rotatable bonds is 4. The van der Waals surface area contributed by atoms with Crippen LogP contribution in [-0.4, -0.2) is 120 Å². The molecule has 0 unspecified atom stereocenters. The first-order valence-corrected chi connectivity index (χ1v) is 21.4. The summed E-state index contributed by atoms with van der Waals surface area (Å²) in [5.74, 6) is -119. The summed E-state index contributed by atoms with van der Waals surface area (Å²) in [7, 11) is 0. The summed E-state index contributed by atoms with van der Waals surface area (Å²) in [5, 5.41) is 0. The SMILES string of the molecule is CC1(C)c2ccccc2N(c2ccc(-c3nc(C45C(F)(F)C6(F)C(F)(F)C(F)(C(F)(F)C(F)(C6(F)F)C4(F)F)C5(F)F)nc(C45C(F)(F)C6(F)C(F)(F)C(F)(C(F)(F)C(F)(C6(F)F)C4(F)F)C5(F)F)n3)cc2)c2ccccc21. The van der Waals surface area contributed by atoms with Gasteiger partial charge in [-0.3, -0.25) is 0 Å². The van der Waals surface area contributed by atoms with Crippen molar-refractivity contribution >= 4 is 17.1 Å². The third-order valence-electron chi connectivity index (χ3n) is 16.9. The lowest BCUT2D eigenvalue weighted by atomic mass is 9.36. The summed E-state index contributed by atoms with van der Waals surface area (Å²) in [4.78, 5) is 6.95. The van der Waals surface area contributed by atoms with Crippen LogP contribution in [0.4, 0.5) is 149 Å². The molecular weight excluding hydrogens is 1150 g/mol. The van der Waals surface area contributed by atoms with E-state index in [1.54, 1.807) is 13.8 Å². The van der Waals surface area contributed by atoms with Crippen molar-refractivity contribution in [2.75, 3.05) is 4.90 Å². The zero-order valence-electron chi connectivity index (χ0n) is 37.1. The number of hydrogen-bond acceptors (Lipinski definition) is 4. The Balaban J connectivity index is 1.30. The number of para-hydroxylation sites is 2. The first-order valence-electron chi connectivity index (χ1n) is 21.4. The molecule has 1 aromatic heterocycles. The number of fused-ring (bicyclic) bond motifs is 2. The lowest BCUT2D eigenvalue weighted by Gasteiger charge is -2.75. The average molecular weight is 1170 g/mol. The van der Waals surface area contributed by atoms with Gasteiger partial charge in [0.1, 0.15) is 0 Å². The molecule has 0 spiro atoms. The van der Waals surface area contributed by atoms with Crippen molar-refractivity contribution in [2.24, 2.45) is 0 Å². The van der Waals surface area contributed by atoms with Gasteiger partial charge in [0, 0.05) is 16.7 Å². The molecule has 9 aliphatic rings. The van der Waals surface area contributed by atoms with Crippen molar-refractivity contribution in [3.63, 3.8) is 0 Å². The van der Waals surface area contributed by atoms with Crippen LogP contribution in [0, 0.1) is 0 Å². The minimum atomic E-state index is -8.93. The van der Waals surface area contributed by atoms with Gasteiger partial charge in [-0.25, -0.2) is 94.0 Å². The lowest BCUT2D eigenvalue weighted by Crippen LogP contribution is -3.09. The smallest absolute Gasteiger partial charge is 0.310 e. The molecule has 0 amide bonds. The molecule has 1 aliphatic heterocycles. The standard InChI is InChI=1S/C44H18F30N4/c1-24(2)17-7-3-5-9-19(17)78(20-10-6-4-8-18(20)24)16-13-11-15(12-14-16)21-75-22(25-33(51,52)27(45)39(63,64)28(46,34(25,53)54)41(67,68)29(47,35(25,55)56)40(27,65)66)77-23(76-21)26-36(57,58)30(48)42(69,70)31(49,37(26,59)60)44(73,74)32(50,38(26,61)62)43(30,71)72/h3-14H,1-2H3. The van der Waals surface area contributed by atoms with Crippen LogP contribution in [0.25, 0.3) is 11.4 Å². The Hall–Kier alpha value is -5.63. The molecule has 0 atom stereocenters. The van der Waals surface area contributed by atoms with E-state index in [0.717, 1.165) is 0 Å². The number of halogens is 30. The number of anilines is 3. The molecule has 0 radical (unpaired) electrons. The van der Waals surface area contributed by atoms with Gasteiger partial charge in [0.25, 0.3) is 0 Å². The van der Waals surface area contributed by atoms with Crippen molar-refractivity contribution in [3.05, 3.63) is 95.6 Å². The molecule has 0 saturated heterocycles. The van der Waals surface area contributed by atoms with Crippen LogP contribution in [0.2, 0.25) is 0 Å². The second kappa shape index (κ2) is 12.9. The van der Waals surface area contributed by atoms with E-state index in [1.165, 1.54) is 58.4 Å². The van der Waals surface area contributed by atoms with E-state index in [0.29, 0.717) is 23.3 Å². The molecule has 2 heterocycles. The summed E-state index contributed by atoms with van der Waals surface area (Å²) in [6.07, 6.45) is 0. The monoisotopic (exact) mass is 1170 g/mol. The molecule has 4 nitrogen and oxygen atoms in total. The van der Waals surface area contributed by atoms with Crippen LogP contribution in [-0.2, 0) is 16.2 Å². The highest BCUT2D eigenvalue weighted by Gasteiger charge is 3.25. The molecule has 8 bridgehead atoms. The molecule has 4 aromatic rings. The summed E-state index contributed by atoms with van der Waals surface area (Å²) < 4.78 is 488. The highest BCUT2D eigenvalue weighted by Crippen LogP contribution is 2.93. The van der Waals surface area contributed by atoms with Gasteiger partial charge in [0.2, 0.25) is 10.8 Å². The first kappa shape index (κ1) is 54.3. The molecule has 3 aromatic carbocycles. The second-order valence-corrected chi connectivity index (χ2v) is 20.2. The van der Waals surface area contributed by atoms with E-state index in [4.69, 9.17) is 0 Å². The van der Waals surface area contributed by atoms with Crippen molar-refractivity contribution < 1.29 is 132 Å². The Morgan fingerprint density at radius 3 is 0.795 bits per heavy atom. The minimum Gasteiger partial charge on any atom is -0.310 e. The third kappa shape index (κ3) is 3.91. The van der Waals surface area contributed by atoms with Crippen LogP contribution in [0.5, 0.6) is 0 Å². The van der Waals surface area contributed by atoms with E-state index in [9.17, 15) is 0 Å². The van der Waals surface area contributed by atoms with Crippen molar-refractivity contribution in [3.8, 4) is 11.4 Å². The van der Waals surface area contributed by atoms with Crippen molar-refractivity contribution in [1.82, 2.24) is 15.0 Å². The Kier molecular flexibility index (Phi) is 9.00. The van der Waals surface area contributed by atoms with E-state index >= 15 is 132 Å². The second-order valence-electron chi connectivity index (χ2n) is 20.2. The fourth-order valence-electron chi connectivity index (χ4n) is 13.1. The Bertz CT molecular complexity index is 2940. The number of hydrogen-bond donors (Lipinski definition) is 0. The molecule has 34 heteroatoms. The number of benzene rings is 3. The predicted molar refractivity (Wildman–Crippen MR) is 198 cm³/mol. The molecule has 0 N–H and O–H groups in total. The quantitative estimate of drug-likeness (QED) is 0.191. The van der Waals surface area contributed by atoms with E-state index in [2.05, 4.69) is 9.97 Å². The topological polar surface area (TPSA) is 41.9 Å². The number of alkyl halides is 30. The molecule has 8 saturated carbocycles. The van der Waals surface area contributed by atoms with Gasteiger partial charge < -0.3 is 4.90 Å². The summed E-state index contributed by atoms with van der Waals surface area (Å²) in [6.45, 7) is 3.32. The van der Waals surface area contributed by atoms with Gasteiger partial charge >= 0.3 is 105 Å². The Morgan fingerprint density at radius 2 is 0.538 bits per heavy atom. The van der Waals surface area contributed by atoms with Gasteiger partial charge in [-0.15, -0.1) is 0 Å². The molecule has 8 aliphatic carbocycles. The average Bonchev–Trinajstić information content (AvgIpc) is 2.04. The fourth-order valence-corrected chi connectivity index (χ4v) is 13.1. The molecule has 8 fully saturated rings. The largest absolute Gasteiger partial charge is 0.339 e. The van der Waals surface area contributed by atoms with Crippen LogP contribution in [0.1, 0.15) is 36.6 Å². The summed E-state index contributed by atoms with van der Waals surface area (Å²) >= 11 is 0. The highest BCUT2D eigenvalue weighted by molar-refractivity contribution is 5.86. The van der Waals surface area contributed by atoms with E-state index < -0.39 is 144 Å². The molecule has 13 rings (SSSR count). The van der Waals surface area contributed by atoms with Gasteiger partial charge in [0.15, 0.2) is 17.5 Å². The first-order chi connectivity index (χ1) is 34.9. The maximum absolute atomic E-state index is 16.8. The van der Waals surface area contributed by atoms with Crippen LogP contribution < -0.4 is 4.90 Å². The Morgan fingerprint density at radius 1 is 0.295 bits per heavy atom. The van der Waals surface area contributed by atoms with Crippen LogP contribution >= 0.6 is 0 Å². The zero-order valence-corrected chi connectivity index (χ0v) is 37.1. The van der Waals surface area contributed by atoms with Gasteiger partial charge in [-0.1, -0.05) is 50.2 Å². The zero-order chi connectivity index (χ0) is 58.9. The van der Waals surface area contributed by atoms with Gasteiger partial charge in [-0.2, -0.15) is 52.7 Å². The lowest BCUT2D eigenvalue weighted by molar-refractivity contribution is -0.597. The number of nitrogens with zero attached hydrogens (tertiary/aromatic N) is 4. The normalized spacial score (nSPS) is 41.0. The molecule has 78 heavy (non-hydrogen) atoms. The fraction of sp³-hybridized carbons (Fsp3) is 0.523. The van der Waals surface area contributed by atoms with Crippen molar-refractivity contribution in [1.29, 1.82) is 0 Å². The van der Waals surface area contributed by atoms with Crippen LogP contribution in [0.15, 0.2) is 72.8 Å². The predicted octanol–water partition coefficient (Wildman–Crippen LogP) is 14.1. The van der Waals surface area contributed by atoms with E-state index in [1.807, 2.05) is 0 Å². The van der Waals surface area contributed by atoms with Gasteiger partial charge in [-0.05, 0) is 47.5 Å². The maximum Gasteiger partial charge on any atom is 0.339 e. The molecular formula is C44H18F30N4. The third-order valence-corrected chi connectivity index (χ3v) is 16.9. The molecule has 424 valence electrons. The van der Waals surface area contributed by atoms with Crippen molar-refractivity contribution in [2.45, 2.75) is 135 Å². The van der Waals surface area contributed by atoms with Crippen LogP contribution in [0.3, 0.4) is 0 Å². The maximum atomic E-state index is 16.8. The summed E-state index contributed by atoms with van der Waals surface area (Å²) in [6, 6.07) is 12.6. The number of aromatic nitrogens is 3. The minimum absolute atomic E-state index is 0.0617. The van der Waals surface area contributed by atoms with Gasteiger partial charge in [0.05, 0.1) is 11.4 Å².